The predicted octanol–water partition coefficient (Wildman–Crippen LogP) is 1.89. The number of nitrogens with zero attached hydrogens (tertiary/aromatic N) is 2. The van der Waals surface area contributed by atoms with Crippen LogP contribution in [-0.2, 0) is 4.74 Å². The Kier molecular flexibility index (Phi) is 3.53. The first-order valence-corrected chi connectivity index (χ1v) is 5.62. The Hall–Kier alpha value is -1.69. The van der Waals surface area contributed by atoms with Crippen LogP contribution in [0.2, 0.25) is 0 Å². The summed E-state index contributed by atoms with van der Waals surface area (Å²) in [4.78, 5) is 14.3. The minimum Gasteiger partial charge on any atom is -0.381 e. The van der Waals surface area contributed by atoms with Crippen molar-refractivity contribution in [2.45, 2.75) is 25.8 Å². The lowest BCUT2D eigenvalue weighted by Crippen LogP contribution is -2.28. The SMILES string of the molecule is Cc1cc(NC2CCOCC2)ncc1[N+](=O)[O-]. The van der Waals surface area contributed by atoms with E-state index in [0.717, 1.165) is 26.1 Å². The van der Waals surface area contributed by atoms with E-state index in [1.807, 2.05) is 0 Å². The molecule has 92 valence electrons. The van der Waals surface area contributed by atoms with Gasteiger partial charge in [-0.05, 0) is 25.8 Å². The van der Waals surface area contributed by atoms with Crippen molar-refractivity contribution in [3.63, 3.8) is 0 Å². The summed E-state index contributed by atoms with van der Waals surface area (Å²) in [6.45, 7) is 3.22. The summed E-state index contributed by atoms with van der Waals surface area (Å²) in [5.74, 6) is 0.694. The molecule has 0 amide bonds. The molecule has 0 saturated carbocycles. The van der Waals surface area contributed by atoms with Gasteiger partial charge in [-0.3, -0.25) is 10.1 Å². The van der Waals surface area contributed by atoms with Crippen molar-refractivity contribution in [3.8, 4) is 0 Å². The topological polar surface area (TPSA) is 77.3 Å². The van der Waals surface area contributed by atoms with E-state index in [2.05, 4.69) is 10.3 Å². The number of aryl methyl sites for hydroxylation is 1. The first-order valence-electron chi connectivity index (χ1n) is 5.62. The van der Waals surface area contributed by atoms with Gasteiger partial charge in [0.25, 0.3) is 5.69 Å². The number of hydrogen-bond acceptors (Lipinski definition) is 5. The van der Waals surface area contributed by atoms with Gasteiger partial charge in [0.2, 0.25) is 0 Å². The molecule has 1 N–H and O–H groups in total. The Morgan fingerprint density at radius 2 is 2.24 bits per heavy atom. The lowest BCUT2D eigenvalue weighted by atomic mass is 10.1. The van der Waals surface area contributed by atoms with Crippen molar-refractivity contribution in [2.75, 3.05) is 18.5 Å². The highest BCUT2D eigenvalue weighted by molar-refractivity contribution is 5.47. The number of aromatic nitrogens is 1. The highest BCUT2D eigenvalue weighted by Gasteiger charge is 2.16. The van der Waals surface area contributed by atoms with Crippen molar-refractivity contribution >= 4 is 11.5 Å². The van der Waals surface area contributed by atoms with Gasteiger partial charge in [0.15, 0.2) is 0 Å². The molecular formula is C11H15N3O3. The molecule has 0 radical (unpaired) electrons. The second kappa shape index (κ2) is 5.09. The van der Waals surface area contributed by atoms with Crippen LogP contribution in [-0.4, -0.2) is 29.2 Å². The number of anilines is 1. The molecule has 1 aromatic rings. The molecule has 2 rings (SSSR count). The van der Waals surface area contributed by atoms with Gasteiger partial charge in [0.1, 0.15) is 12.0 Å². The normalized spacial score (nSPS) is 16.8. The zero-order valence-electron chi connectivity index (χ0n) is 9.68. The first-order chi connectivity index (χ1) is 8.16. The molecule has 6 nitrogen and oxygen atoms in total. The average molecular weight is 237 g/mol. The van der Waals surface area contributed by atoms with E-state index < -0.39 is 4.92 Å². The van der Waals surface area contributed by atoms with Gasteiger partial charge in [-0.25, -0.2) is 4.98 Å². The molecule has 6 heteroatoms. The Labute approximate surface area is 99.2 Å². The van der Waals surface area contributed by atoms with E-state index in [9.17, 15) is 10.1 Å². The van der Waals surface area contributed by atoms with Crippen LogP contribution >= 0.6 is 0 Å². The van der Waals surface area contributed by atoms with Crippen LogP contribution in [0.5, 0.6) is 0 Å². The van der Waals surface area contributed by atoms with Crippen molar-refractivity contribution in [1.82, 2.24) is 4.98 Å². The zero-order chi connectivity index (χ0) is 12.3. The first kappa shape index (κ1) is 11.8. The lowest BCUT2D eigenvalue weighted by Gasteiger charge is -2.23. The Morgan fingerprint density at radius 1 is 1.53 bits per heavy atom. The van der Waals surface area contributed by atoms with Crippen LogP contribution < -0.4 is 5.32 Å². The van der Waals surface area contributed by atoms with Crippen LogP contribution in [0.15, 0.2) is 12.3 Å². The Balaban J connectivity index is 2.06. The molecule has 0 aromatic carbocycles. The maximum Gasteiger partial charge on any atom is 0.290 e. The molecule has 1 fully saturated rings. The van der Waals surface area contributed by atoms with Crippen LogP contribution in [0.4, 0.5) is 11.5 Å². The van der Waals surface area contributed by atoms with Crippen molar-refractivity contribution in [1.29, 1.82) is 0 Å². The number of rotatable bonds is 3. The smallest absolute Gasteiger partial charge is 0.290 e. The van der Waals surface area contributed by atoms with Gasteiger partial charge in [0.05, 0.1) is 4.92 Å². The summed E-state index contributed by atoms with van der Waals surface area (Å²) in [7, 11) is 0. The molecule has 1 aliphatic heterocycles. The minimum atomic E-state index is -0.416. The molecule has 2 heterocycles. The summed E-state index contributed by atoms with van der Waals surface area (Å²) in [6.07, 6.45) is 3.19. The molecule has 1 saturated heterocycles. The predicted molar refractivity (Wildman–Crippen MR) is 63.1 cm³/mol. The highest BCUT2D eigenvalue weighted by atomic mass is 16.6. The van der Waals surface area contributed by atoms with Crippen LogP contribution in [0.3, 0.4) is 0 Å². The van der Waals surface area contributed by atoms with Crippen LogP contribution in [0, 0.1) is 17.0 Å². The summed E-state index contributed by atoms with van der Waals surface area (Å²) in [5, 5.41) is 13.9. The quantitative estimate of drug-likeness (QED) is 0.641. The van der Waals surface area contributed by atoms with Gasteiger partial charge < -0.3 is 10.1 Å². The third kappa shape index (κ3) is 2.91. The molecule has 0 atom stereocenters. The van der Waals surface area contributed by atoms with Crippen LogP contribution in [0.25, 0.3) is 0 Å². The van der Waals surface area contributed by atoms with Crippen LogP contribution in [0.1, 0.15) is 18.4 Å². The molecule has 0 aliphatic carbocycles. The number of nitro groups is 1. The summed E-state index contributed by atoms with van der Waals surface area (Å²) < 4.78 is 5.26. The minimum absolute atomic E-state index is 0.0579. The standard InChI is InChI=1S/C11H15N3O3/c1-8-6-11(12-7-10(8)14(15)16)13-9-2-4-17-5-3-9/h6-7,9H,2-5H2,1H3,(H,12,13). The fraction of sp³-hybridized carbons (Fsp3) is 0.545. The van der Waals surface area contributed by atoms with Crippen molar-refractivity contribution in [2.24, 2.45) is 0 Å². The van der Waals surface area contributed by atoms with Gasteiger partial charge in [-0.15, -0.1) is 0 Å². The zero-order valence-corrected chi connectivity index (χ0v) is 9.68. The van der Waals surface area contributed by atoms with Gasteiger partial charge in [-0.2, -0.15) is 0 Å². The van der Waals surface area contributed by atoms with E-state index in [1.165, 1.54) is 6.20 Å². The summed E-state index contributed by atoms with van der Waals surface area (Å²) in [6, 6.07) is 2.06. The fourth-order valence-corrected chi connectivity index (χ4v) is 1.87. The maximum absolute atomic E-state index is 10.7. The maximum atomic E-state index is 10.7. The Bertz CT molecular complexity index is 416. The number of pyridine rings is 1. The molecule has 0 bridgehead atoms. The van der Waals surface area contributed by atoms with Crippen molar-refractivity contribution < 1.29 is 9.66 Å². The largest absolute Gasteiger partial charge is 0.381 e. The third-order valence-electron chi connectivity index (χ3n) is 2.85. The fourth-order valence-electron chi connectivity index (χ4n) is 1.87. The van der Waals surface area contributed by atoms with Gasteiger partial charge in [-0.1, -0.05) is 0 Å². The molecule has 1 aliphatic rings. The van der Waals surface area contributed by atoms with Crippen molar-refractivity contribution in [3.05, 3.63) is 27.9 Å². The molecule has 0 spiro atoms. The number of hydrogen-bond donors (Lipinski definition) is 1. The van der Waals surface area contributed by atoms with E-state index >= 15 is 0 Å². The van der Waals surface area contributed by atoms with E-state index in [0.29, 0.717) is 17.4 Å². The summed E-state index contributed by atoms with van der Waals surface area (Å²) >= 11 is 0. The Morgan fingerprint density at radius 3 is 2.82 bits per heavy atom. The second-order valence-electron chi connectivity index (χ2n) is 4.14. The monoisotopic (exact) mass is 237 g/mol. The number of ether oxygens (including phenoxy) is 1. The highest BCUT2D eigenvalue weighted by Crippen LogP contribution is 2.20. The second-order valence-corrected chi connectivity index (χ2v) is 4.14. The molecule has 0 unspecified atom stereocenters. The third-order valence-corrected chi connectivity index (χ3v) is 2.85. The molecule has 17 heavy (non-hydrogen) atoms. The molecule has 1 aromatic heterocycles. The van der Waals surface area contributed by atoms with E-state index in [-0.39, 0.29) is 5.69 Å². The average Bonchev–Trinajstić information content (AvgIpc) is 2.30. The lowest BCUT2D eigenvalue weighted by molar-refractivity contribution is -0.385. The van der Waals surface area contributed by atoms with E-state index in [1.54, 1.807) is 13.0 Å². The molecular weight excluding hydrogens is 222 g/mol. The van der Waals surface area contributed by atoms with E-state index in [4.69, 9.17) is 4.74 Å². The number of nitrogens with one attached hydrogen (secondary N) is 1. The van der Waals surface area contributed by atoms with Gasteiger partial charge >= 0.3 is 0 Å². The van der Waals surface area contributed by atoms with Gasteiger partial charge in [0, 0.05) is 24.8 Å². The summed E-state index contributed by atoms with van der Waals surface area (Å²) in [5.41, 5.74) is 0.682.